The van der Waals surface area contributed by atoms with Gasteiger partial charge in [-0.3, -0.25) is 4.39 Å². The fourth-order valence-electron chi connectivity index (χ4n) is 0.995. The van der Waals surface area contributed by atoms with E-state index in [9.17, 15) is 8.78 Å². The average molecular weight is 218 g/mol. The standard InChI is InChI=1S/C9H11FO.C2H6.CH3F/c1-7(10)8-5-3-4-6-9(8)11-2;2*1-2/h3-7H,1-2H3;1-2H3;1H3. The quantitative estimate of drug-likeness (QED) is 0.717. The second-order valence-electron chi connectivity index (χ2n) is 2.36. The minimum absolute atomic E-state index is 0.500. The van der Waals surface area contributed by atoms with Gasteiger partial charge in [0.25, 0.3) is 0 Å². The molecule has 0 saturated carbocycles. The van der Waals surface area contributed by atoms with Crippen molar-refractivity contribution in [2.24, 2.45) is 0 Å². The molecule has 0 aliphatic rings. The zero-order valence-corrected chi connectivity index (χ0v) is 10.1. The van der Waals surface area contributed by atoms with Crippen molar-refractivity contribution in [1.82, 2.24) is 0 Å². The molecule has 0 aliphatic heterocycles. The number of alkyl halides is 2. The topological polar surface area (TPSA) is 9.23 Å². The fraction of sp³-hybridized carbons (Fsp3) is 0.500. The van der Waals surface area contributed by atoms with E-state index in [-0.39, 0.29) is 0 Å². The van der Waals surface area contributed by atoms with Crippen molar-refractivity contribution in [2.75, 3.05) is 14.3 Å². The van der Waals surface area contributed by atoms with Crippen molar-refractivity contribution >= 4 is 0 Å². The van der Waals surface area contributed by atoms with Gasteiger partial charge in [0, 0.05) is 5.56 Å². The molecular weight excluding hydrogens is 198 g/mol. The highest BCUT2D eigenvalue weighted by Crippen LogP contribution is 2.26. The first-order valence-corrected chi connectivity index (χ1v) is 4.90. The Kier molecular flexibility index (Phi) is 11.9. The van der Waals surface area contributed by atoms with Crippen molar-refractivity contribution < 1.29 is 13.5 Å². The third-order valence-electron chi connectivity index (χ3n) is 1.57. The highest BCUT2D eigenvalue weighted by atomic mass is 19.1. The van der Waals surface area contributed by atoms with Crippen LogP contribution in [0.15, 0.2) is 24.3 Å². The first-order valence-electron chi connectivity index (χ1n) is 4.90. The summed E-state index contributed by atoms with van der Waals surface area (Å²) in [5.41, 5.74) is 0.606. The first kappa shape index (κ1) is 16.3. The Bertz CT molecular complexity index is 237. The molecule has 0 saturated heterocycles. The molecule has 0 fully saturated rings. The summed E-state index contributed by atoms with van der Waals surface area (Å²) in [4.78, 5) is 0. The van der Waals surface area contributed by atoms with E-state index in [4.69, 9.17) is 4.74 Å². The van der Waals surface area contributed by atoms with Gasteiger partial charge >= 0.3 is 0 Å². The third-order valence-corrected chi connectivity index (χ3v) is 1.57. The van der Waals surface area contributed by atoms with Crippen molar-refractivity contribution in [3.05, 3.63) is 29.8 Å². The summed E-state index contributed by atoms with van der Waals surface area (Å²) < 4.78 is 27.3. The molecule has 1 rings (SSSR count). The number of para-hydroxylation sites is 1. The normalized spacial score (nSPS) is 10.1. The molecule has 1 atom stereocenters. The van der Waals surface area contributed by atoms with Gasteiger partial charge in [-0.2, -0.15) is 0 Å². The number of methoxy groups -OCH3 is 1. The van der Waals surface area contributed by atoms with Crippen LogP contribution in [0.4, 0.5) is 8.78 Å². The maximum Gasteiger partial charge on any atom is 0.126 e. The van der Waals surface area contributed by atoms with Crippen molar-refractivity contribution in [2.45, 2.75) is 26.9 Å². The summed E-state index contributed by atoms with van der Waals surface area (Å²) in [5, 5.41) is 0. The highest BCUT2D eigenvalue weighted by Gasteiger charge is 2.07. The molecule has 0 N–H and O–H groups in total. The summed E-state index contributed by atoms with van der Waals surface area (Å²) in [6, 6.07) is 7.10. The van der Waals surface area contributed by atoms with E-state index in [0.29, 0.717) is 18.5 Å². The number of rotatable bonds is 2. The maximum absolute atomic E-state index is 12.8. The van der Waals surface area contributed by atoms with Crippen LogP contribution in [-0.2, 0) is 0 Å². The molecule has 3 heteroatoms. The van der Waals surface area contributed by atoms with Gasteiger partial charge in [0.1, 0.15) is 11.9 Å². The Labute approximate surface area is 91.1 Å². The Morgan fingerprint density at radius 1 is 1.13 bits per heavy atom. The lowest BCUT2D eigenvalue weighted by Crippen LogP contribution is -1.91. The van der Waals surface area contributed by atoms with Gasteiger partial charge in [-0.05, 0) is 13.0 Å². The first-order chi connectivity index (χ1) is 7.25. The number of ether oxygens (including phenoxy) is 1. The monoisotopic (exact) mass is 218 g/mol. The third kappa shape index (κ3) is 6.05. The van der Waals surface area contributed by atoms with E-state index in [1.54, 1.807) is 25.3 Å². The molecule has 15 heavy (non-hydrogen) atoms. The Balaban J connectivity index is 0. The molecule has 0 spiro atoms. The summed E-state index contributed by atoms with van der Waals surface area (Å²) in [5.74, 6) is 0.613. The van der Waals surface area contributed by atoms with Crippen LogP contribution in [-0.4, -0.2) is 14.3 Å². The minimum Gasteiger partial charge on any atom is -0.496 e. The van der Waals surface area contributed by atoms with Crippen LogP contribution in [0.3, 0.4) is 0 Å². The lowest BCUT2D eigenvalue weighted by Gasteiger charge is -2.07. The maximum atomic E-state index is 12.8. The molecular formula is C12H20F2O. The summed E-state index contributed by atoms with van der Waals surface area (Å²) in [6.45, 7) is 5.50. The van der Waals surface area contributed by atoms with Crippen LogP contribution in [0.25, 0.3) is 0 Å². The molecule has 88 valence electrons. The number of halogens is 2. The zero-order valence-electron chi connectivity index (χ0n) is 10.1. The SMILES string of the molecule is CC.CF.COc1ccccc1C(C)F. The Morgan fingerprint density at radius 3 is 1.93 bits per heavy atom. The molecule has 0 heterocycles. The van der Waals surface area contributed by atoms with E-state index >= 15 is 0 Å². The van der Waals surface area contributed by atoms with Crippen LogP contribution in [0.5, 0.6) is 5.75 Å². The van der Waals surface area contributed by atoms with Gasteiger partial charge in [0.05, 0.1) is 14.3 Å². The van der Waals surface area contributed by atoms with E-state index in [1.165, 1.54) is 6.92 Å². The molecule has 0 amide bonds. The molecule has 0 aromatic heterocycles. The smallest absolute Gasteiger partial charge is 0.126 e. The summed E-state index contributed by atoms with van der Waals surface area (Å²) in [6.07, 6.45) is -0.967. The fourth-order valence-corrected chi connectivity index (χ4v) is 0.995. The van der Waals surface area contributed by atoms with E-state index < -0.39 is 6.17 Å². The molecule has 1 aromatic carbocycles. The molecule has 1 nitrogen and oxygen atoms in total. The van der Waals surface area contributed by atoms with Gasteiger partial charge < -0.3 is 4.74 Å². The minimum atomic E-state index is -0.967. The van der Waals surface area contributed by atoms with Gasteiger partial charge in [0.15, 0.2) is 0 Å². The van der Waals surface area contributed by atoms with Crippen LogP contribution in [0.1, 0.15) is 32.5 Å². The zero-order chi connectivity index (χ0) is 12.3. The summed E-state index contributed by atoms with van der Waals surface area (Å²) >= 11 is 0. The number of hydrogen-bond donors (Lipinski definition) is 0. The largest absolute Gasteiger partial charge is 0.496 e. The lowest BCUT2D eigenvalue weighted by atomic mass is 10.1. The second-order valence-corrected chi connectivity index (χ2v) is 2.36. The average Bonchev–Trinajstić information content (AvgIpc) is 2.34. The number of hydrogen-bond acceptors (Lipinski definition) is 1. The van der Waals surface area contributed by atoms with E-state index in [2.05, 4.69) is 0 Å². The second kappa shape index (κ2) is 11.0. The van der Waals surface area contributed by atoms with Gasteiger partial charge in [-0.25, -0.2) is 4.39 Å². The van der Waals surface area contributed by atoms with Crippen molar-refractivity contribution in [3.8, 4) is 5.75 Å². The van der Waals surface area contributed by atoms with Crippen LogP contribution in [0.2, 0.25) is 0 Å². The Hall–Kier alpha value is -1.12. The van der Waals surface area contributed by atoms with Gasteiger partial charge in [-0.1, -0.05) is 32.0 Å². The molecule has 1 unspecified atom stereocenters. The molecule has 0 aliphatic carbocycles. The molecule has 0 radical (unpaired) electrons. The van der Waals surface area contributed by atoms with E-state index in [1.807, 2.05) is 19.9 Å². The van der Waals surface area contributed by atoms with Crippen molar-refractivity contribution in [3.63, 3.8) is 0 Å². The summed E-state index contributed by atoms with van der Waals surface area (Å²) in [7, 11) is 2.04. The predicted octanol–water partition coefficient (Wildman–Crippen LogP) is 4.34. The Morgan fingerprint density at radius 2 is 1.60 bits per heavy atom. The number of benzene rings is 1. The molecule has 0 bridgehead atoms. The lowest BCUT2D eigenvalue weighted by molar-refractivity contribution is 0.346. The van der Waals surface area contributed by atoms with Crippen molar-refractivity contribution in [1.29, 1.82) is 0 Å². The van der Waals surface area contributed by atoms with Crippen LogP contribution < -0.4 is 4.74 Å². The van der Waals surface area contributed by atoms with Gasteiger partial charge in [0.2, 0.25) is 0 Å². The highest BCUT2D eigenvalue weighted by molar-refractivity contribution is 5.34. The predicted molar refractivity (Wildman–Crippen MR) is 60.9 cm³/mol. The van der Waals surface area contributed by atoms with Crippen LogP contribution >= 0.6 is 0 Å². The van der Waals surface area contributed by atoms with Gasteiger partial charge in [-0.15, -0.1) is 0 Å². The molecule has 1 aromatic rings. The van der Waals surface area contributed by atoms with E-state index in [0.717, 1.165) is 0 Å². The van der Waals surface area contributed by atoms with Crippen LogP contribution in [0, 0.1) is 0 Å².